The number of esters is 2. The van der Waals surface area contributed by atoms with Gasteiger partial charge in [0.15, 0.2) is 0 Å². The van der Waals surface area contributed by atoms with Crippen LogP contribution in [0.3, 0.4) is 0 Å². The molecule has 0 unspecified atom stereocenters. The summed E-state index contributed by atoms with van der Waals surface area (Å²) < 4.78 is 10.3. The van der Waals surface area contributed by atoms with Gasteiger partial charge in [0.05, 0.1) is 0 Å². The molecule has 0 aromatic rings. The Morgan fingerprint density at radius 1 is 0.929 bits per heavy atom. The zero-order chi connectivity index (χ0) is 10.0. The molecule has 1 heterocycles. The maximum absolute atomic E-state index is 11.2. The van der Waals surface area contributed by atoms with E-state index >= 15 is 0 Å². The Kier molecular flexibility index (Phi) is 2.27. The summed E-state index contributed by atoms with van der Waals surface area (Å²) in [4.78, 5) is 22.3. The first-order valence-electron chi connectivity index (χ1n) is 4.84. The topological polar surface area (TPSA) is 52.6 Å². The van der Waals surface area contributed by atoms with Gasteiger partial charge in [0, 0.05) is 25.0 Å². The summed E-state index contributed by atoms with van der Waals surface area (Å²) in [6, 6.07) is 0. The Morgan fingerprint density at radius 3 is 1.93 bits per heavy atom. The Morgan fingerprint density at radius 2 is 1.43 bits per heavy atom. The SMILES string of the molecule is O=C1C=CC(=O)OC2(CCCCC2)O1. The van der Waals surface area contributed by atoms with Gasteiger partial charge in [-0.15, -0.1) is 0 Å². The van der Waals surface area contributed by atoms with Crippen molar-refractivity contribution in [2.45, 2.75) is 37.9 Å². The second kappa shape index (κ2) is 3.44. The second-order valence-corrected chi connectivity index (χ2v) is 3.65. The number of carbonyl (C=O) groups excluding carboxylic acids is 2. The minimum atomic E-state index is -0.976. The van der Waals surface area contributed by atoms with Gasteiger partial charge in [-0.05, 0) is 12.8 Å². The van der Waals surface area contributed by atoms with Crippen LogP contribution < -0.4 is 0 Å². The van der Waals surface area contributed by atoms with Crippen molar-refractivity contribution in [2.75, 3.05) is 0 Å². The van der Waals surface area contributed by atoms with E-state index in [1.807, 2.05) is 0 Å². The molecule has 4 nitrogen and oxygen atoms in total. The molecular weight excluding hydrogens is 184 g/mol. The molecule has 1 saturated carbocycles. The van der Waals surface area contributed by atoms with Crippen LogP contribution in [0.5, 0.6) is 0 Å². The van der Waals surface area contributed by atoms with E-state index in [2.05, 4.69) is 0 Å². The van der Waals surface area contributed by atoms with E-state index in [9.17, 15) is 9.59 Å². The molecule has 1 spiro atoms. The zero-order valence-corrected chi connectivity index (χ0v) is 7.82. The monoisotopic (exact) mass is 196 g/mol. The Hall–Kier alpha value is -1.32. The van der Waals surface area contributed by atoms with Crippen LogP contribution in [0.25, 0.3) is 0 Å². The fourth-order valence-electron chi connectivity index (χ4n) is 1.89. The van der Waals surface area contributed by atoms with Crippen molar-refractivity contribution >= 4 is 11.9 Å². The first kappa shape index (κ1) is 9.24. The van der Waals surface area contributed by atoms with Crippen molar-refractivity contribution in [2.24, 2.45) is 0 Å². The lowest BCUT2D eigenvalue weighted by Crippen LogP contribution is -2.40. The van der Waals surface area contributed by atoms with Crippen LogP contribution in [0.1, 0.15) is 32.1 Å². The highest BCUT2D eigenvalue weighted by Crippen LogP contribution is 2.34. The predicted molar refractivity (Wildman–Crippen MR) is 47.1 cm³/mol. The molecule has 0 amide bonds. The quantitative estimate of drug-likeness (QED) is 0.548. The van der Waals surface area contributed by atoms with Crippen LogP contribution in [0.2, 0.25) is 0 Å². The normalized spacial score (nSPS) is 25.4. The van der Waals surface area contributed by atoms with Crippen molar-refractivity contribution in [1.82, 2.24) is 0 Å². The van der Waals surface area contributed by atoms with Gasteiger partial charge in [-0.3, -0.25) is 0 Å². The summed E-state index contributed by atoms with van der Waals surface area (Å²) in [6.45, 7) is 0. The largest absolute Gasteiger partial charge is 0.419 e. The molecular formula is C10H12O4. The van der Waals surface area contributed by atoms with E-state index < -0.39 is 17.7 Å². The van der Waals surface area contributed by atoms with Gasteiger partial charge in [0.1, 0.15) is 0 Å². The van der Waals surface area contributed by atoms with E-state index in [-0.39, 0.29) is 0 Å². The summed E-state index contributed by atoms with van der Waals surface area (Å²) in [5, 5.41) is 0. The van der Waals surface area contributed by atoms with E-state index in [4.69, 9.17) is 9.47 Å². The van der Waals surface area contributed by atoms with Gasteiger partial charge in [-0.2, -0.15) is 0 Å². The molecule has 2 rings (SSSR count). The highest BCUT2D eigenvalue weighted by atomic mass is 16.7. The van der Waals surface area contributed by atoms with Crippen LogP contribution in [-0.4, -0.2) is 17.7 Å². The first-order chi connectivity index (χ1) is 6.70. The number of hydrogen-bond acceptors (Lipinski definition) is 4. The average Bonchev–Trinajstić information content (AvgIpc) is 2.27. The van der Waals surface area contributed by atoms with Gasteiger partial charge in [0.25, 0.3) is 5.79 Å². The van der Waals surface area contributed by atoms with E-state index in [0.717, 1.165) is 31.4 Å². The number of ether oxygens (including phenoxy) is 2. The lowest BCUT2D eigenvalue weighted by Gasteiger charge is -2.34. The summed E-state index contributed by atoms with van der Waals surface area (Å²) in [6.07, 6.45) is 6.43. The Balaban J connectivity index is 2.17. The lowest BCUT2D eigenvalue weighted by atomic mass is 9.94. The van der Waals surface area contributed by atoms with Gasteiger partial charge in [0.2, 0.25) is 0 Å². The standard InChI is InChI=1S/C10H12O4/c11-8-4-5-9(12)14-10(13-8)6-2-1-3-7-10/h4-5H,1-3,6-7H2. The fraction of sp³-hybridized carbons (Fsp3) is 0.600. The predicted octanol–water partition coefficient (Wildman–Crippen LogP) is 1.30. The van der Waals surface area contributed by atoms with Crippen LogP contribution in [0.4, 0.5) is 0 Å². The van der Waals surface area contributed by atoms with Crippen molar-refractivity contribution in [1.29, 1.82) is 0 Å². The molecule has 0 aromatic heterocycles. The fourth-order valence-corrected chi connectivity index (χ4v) is 1.89. The molecule has 1 aliphatic heterocycles. The van der Waals surface area contributed by atoms with Crippen LogP contribution >= 0.6 is 0 Å². The number of rotatable bonds is 0. The molecule has 0 N–H and O–H groups in total. The molecule has 0 aromatic carbocycles. The van der Waals surface area contributed by atoms with Crippen LogP contribution in [-0.2, 0) is 19.1 Å². The van der Waals surface area contributed by atoms with Crippen molar-refractivity contribution in [3.05, 3.63) is 12.2 Å². The molecule has 0 saturated heterocycles. The Labute approximate surface area is 81.9 Å². The molecule has 0 radical (unpaired) electrons. The van der Waals surface area contributed by atoms with E-state index in [1.165, 1.54) is 0 Å². The molecule has 4 heteroatoms. The number of hydrogen-bond donors (Lipinski definition) is 0. The minimum Gasteiger partial charge on any atom is -0.419 e. The third kappa shape index (κ3) is 1.78. The number of carbonyl (C=O) groups is 2. The molecule has 2 aliphatic rings. The highest BCUT2D eigenvalue weighted by molar-refractivity contribution is 5.93. The second-order valence-electron chi connectivity index (χ2n) is 3.65. The molecule has 1 aliphatic carbocycles. The minimum absolute atomic E-state index is 0.488. The third-order valence-electron chi connectivity index (χ3n) is 2.54. The van der Waals surface area contributed by atoms with Crippen molar-refractivity contribution < 1.29 is 19.1 Å². The van der Waals surface area contributed by atoms with Gasteiger partial charge < -0.3 is 9.47 Å². The van der Waals surface area contributed by atoms with Gasteiger partial charge in [-0.25, -0.2) is 9.59 Å². The first-order valence-corrected chi connectivity index (χ1v) is 4.84. The van der Waals surface area contributed by atoms with E-state index in [0.29, 0.717) is 12.8 Å². The van der Waals surface area contributed by atoms with Gasteiger partial charge >= 0.3 is 11.9 Å². The smallest absolute Gasteiger partial charge is 0.334 e. The summed E-state index contributed by atoms with van der Waals surface area (Å²) in [7, 11) is 0. The molecule has 1 fully saturated rings. The summed E-state index contributed by atoms with van der Waals surface area (Å²) in [5.74, 6) is -1.95. The lowest BCUT2D eigenvalue weighted by molar-refractivity contribution is -0.230. The third-order valence-corrected chi connectivity index (χ3v) is 2.54. The summed E-state index contributed by atoms with van der Waals surface area (Å²) in [5.41, 5.74) is 0. The van der Waals surface area contributed by atoms with Crippen molar-refractivity contribution in [3.63, 3.8) is 0 Å². The van der Waals surface area contributed by atoms with E-state index in [1.54, 1.807) is 0 Å². The molecule has 0 atom stereocenters. The van der Waals surface area contributed by atoms with Crippen molar-refractivity contribution in [3.8, 4) is 0 Å². The Bertz CT molecular complexity index is 264. The van der Waals surface area contributed by atoms with Crippen LogP contribution in [0, 0.1) is 0 Å². The highest BCUT2D eigenvalue weighted by Gasteiger charge is 2.40. The van der Waals surface area contributed by atoms with Gasteiger partial charge in [-0.1, -0.05) is 6.42 Å². The summed E-state index contributed by atoms with van der Waals surface area (Å²) >= 11 is 0. The maximum Gasteiger partial charge on any atom is 0.334 e. The molecule has 14 heavy (non-hydrogen) atoms. The molecule has 76 valence electrons. The zero-order valence-electron chi connectivity index (χ0n) is 7.82. The maximum atomic E-state index is 11.2. The van der Waals surface area contributed by atoms with Crippen LogP contribution in [0.15, 0.2) is 12.2 Å². The molecule has 0 bridgehead atoms. The average molecular weight is 196 g/mol.